The number of rotatable bonds is 7. The molecule has 6 nitrogen and oxygen atoms in total. The van der Waals surface area contributed by atoms with Crippen LogP contribution in [-0.2, 0) is 4.74 Å². The maximum absolute atomic E-state index is 12.0. The minimum absolute atomic E-state index is 0.350. The van der Waals surface area contributed by atoms with Crippen molar-refractivity contribution in [2.75, 3.05) is 63.7 Å². The van der Waals surface area contributed by atoms with Crippen molar-refractivity contribution < 1.29 is 14.3 Å². The van der Waals surface area contributed by atoms with E-state index in [1.807, 2.05) is 12.1 Å². The number of hydrogen-bond donors (Lipinski definition) is 1. The molecule has 2 aromatic rings. The van der Waals surface area contributed by atoms with Crippen LogP contribution in [0.2, 0.25) is 0 Å². The van der Waals surface area contributed by atoms with Crippen LogP contribution in [0.15, 0.2) is 48.5 Å². The summed E-state index contributed by atoms with van der Waals surface area (Å²) in [5, 5.41) is 3.36. The van der Waals surface area contributed by atoms with Crippen molar-refractivity contribution in [2.45, 2.75) is 0 Å². The molecular weight excluding hydrogens is 342 g/mol. The van der Waals surface area contributed by atoms with E-state index < -0.39 is 0 Å². The van der Waals surface area contributed by atoms with Crippen molar-refractivity contribution in [3.63, 3.8) is 0 Å². The number of carbonyl (C=O) groups excluding carboxylic acids is 1. The van der Waals surface area contributed by atoms with Crippen molar-refractivity contribution in [2.24, 2.45) is 0 Å². The molecule has 1 aliphatic heterocycles. The highest BCUT2D eigenvalue weighted by Gasteiger charge is 2.17. The third-order valence-electron chi connectivity index (χ3n) is 4.87. The average Bonchev–Trinajstić information content (AvgIpc) is 2.74. The highest BCUT2D eigenvalue weighted by molar-refractivity contribution is 5.95. The van der Waals surface area contributed by atoms with E-state index in [9.17, 15) is 4.79 Å². The predicted molar refractivity (Wildman–Crippen MR) is 108 cm³/mol. The number of piperazine rings is 1. The Morgan fingerprint density at radius 1 is 1.04 bits per heavy atom. The van der Waals surface area contributed by atoms with Gasteiger partial charge in [0.25, 0.3) is 0 Å². The second-order valence-corrected chi connectivity index (χ2v) is 6.49. The molecule has 27 heavy (non-hydrogen) atoms. The largest absolute Gasteiger partial charge is 0.497 e. The zero-order valence-corrected chi connectivity index (χ0v) is 16.0. The van der Waals surface area contributed by atoms with Crippen LogP contribution in [0.5, 0.6) is 5.75 Å². The molecular formula is C21H27N3O3. The van der Waals surface area contributed by atoms with Gasteiger partial charge in [0.15, 0.2) is 0 Å². The van der Waals surface area contributed by atoms with Gasteiger partial charge in [-0.25, -0.2) is 4.79 Å². The van der Waals surface area contributed by atoms with Gasteiger partial charge < -0.3 is 19.7 Å². The van der Waals surface area contributed by atoms with E-state index in [-0.39, 0.29) is 5.97 Å². The van der Waals surface area contributed by atoms with Gasteiger partial charge in [0.2, 0.25) is 0 Å². The first-order chi connectivity index (χ1) is 13.2. The molecule has 0 radical (unpaired) electrons. The first-order valence-corrected chi connectivity index (χ1v) is 9.24. The number of nitrogens with one attached hydrogen (secondary N) is 1. The van der Waals surface area contributed by atoms with Crippen LogP contribution in [-0.4, -0.2) is 64.4 Å². The summed E-state index contributed by atoms with van der Waals surface area (Å²) in [6.45, 7) is 5.77. The highest BCUT2D eigenvalue weighted by atomic mass is 16.5. The molecule has 144 valence electrons. The molecule has 3 rings (SSSR count). The lowest BCUT2D eigenvalue weighted by Crippen LogP contribution is -2.47. The first-order valence-electron chi connectivity index (χ1n) is 9.24. The molecule has 1 aliphatic rings. The van der Waals surface area contributed by atoms with Crippen molar-refractivity contribution in [3.05, 3.63) is 54.1 Å². The number of ether oxygens (including phenoxy) is 2. The minimum atomic E-state index is -0.350. The van der Waals surface area contributed by atoms with Crippen LogP contribution in [0.3, 0.4) is 0 Å². The Kier molecular flexibility index (Phi) is 6.54. The number of esters is 1. The number of hydrogen-bond acceptors (Lipinski definition) is 6. The lowest BCUT2D eigenvalue weighted by atomic mass is 10.1. The fourth-order valence-corrected chi connectivity index (χ4v) is 3.30. The van der Waals surface area contributed by atoms with Gasteiger partial charge in [-0.3, -0.25) is 4.90 Å². The number of methoxy groups -OCH3 is 2. The summed E-state index contributed by atoms with van der Waals surface area (Å²) >= 11 is 0. The zero-order chi connectivity index (χ0) is 19.1. The molecule has 1 N–H and O–H groups in total. The first kappa shape index (κ1) is 19.0. The molecule has 0 aromatic heterocycles. The zero-order valence-electron chi connectivity index (χ0n) is 16.0. The van der Waals surface area contributed by atoms with Crippen LogP contribution in [0, 0.1) is 0 Å². The summed E-state index contributed by atoms with van der Waals surface area (Å²) in [4.78, 5) is 16.8. The van der Waals surface area contributed by atoms with Gasteiger partial charge in [-0.2, -0.15) is 0 Å². The SMILES string of the molecule is COC(=O)c1ccc(OC)cc1NCCN1CCN(c2ccccc2)CC1. The van der Waals surface area contributed by atoms with Gasteiger partial charge in [-0.15, -0.1) is 0 Å². The van der Waals surface area contributed by atoms with Crippen molar-refractivity contribution in [3.8, 4) is 5.75 Å². The molecule has 0 saturated carbocycles. The van der Waals surface area contributed by atoms with E-state index in [0.717, 1.165) is 45.0 Å². The molecule has 0 aliphatic carbocycles. The smallest absolute Gasteiger partial charge is 0.339 e. The third-order valence-corrected chi connectivity index (χ3v) is 4.87. The van der Waals surface area contributed by atoms with Crippen LogP contribution in [0.25, 0.3) is 0 Å². The molecule has 1 saturated heterocycles. The van der Waals surface area contributed by atoms with Crippen molar-refractivity contribution in [1.29, 1.82) is 0 Å². The minimum Gasteiger partial charge on any atom is -0.497 e. The maximum atomic E-state index is 12.0. The van der Waals surface area contributed by atoms with E-state index in [4.69, 9.17) is 9.47 Å². The fourth-order valence-electron chi connectivity index (χ4n) is 3.30. The molecule has 0 bridgehead atoms. The topological polar surface area (TPSA) is 54.0 Å². The van der Waals surface area contributed by atoms with E-state index in [1.54, 1.807) is 19.2 Å². The predicted octanol–water partition coefficient (Wildman–Crippen LogP) is 2.72. The molecule has 1 heterocycles. The summed E-state index contributed by atoms with van der Waals surface area (Å²) in [5.41, 5.74) is 2.55. The van der Waals surface area contributed by atoms with Gasteiger partial charge in [0, 0.05) is 51.0 Å². The fraction of sp³-hybridized carbons (Fsp3) is 0.381. The van der Waals surface area contributed by atoms with E-state index in [2.05, 4.69) is 39.4 Å². The Bertz CT molecular complexity index is 744. The summed E-state index contributed by atoms with van der Waals surface area (Å²) in [6.07, 6.45) is 0. The average molecular weight is 369 g/mol. The van der Waals surface area contributed by atoms with Gasteiger partial charge in [0.05, 0.1) is 25.5 Å². The number of para-hydroxylation sites is 1. The highest BCUT2D eigenvalue weighted by Crippen LogP contribution is 2.23. The second kappa shape index (κ2) is 9.28. The van der Waals surface area contributed by atoms with E-state index >= 15 is 0 Å². The summed E-state index contributed by atoms with van der Waals surface area (Å²) in [5.74, 6) is 0.359. The normalized spacial score (nSPS) is 14.7. The Balaban J connectivity index is 1.51. The molecule has 0 unspecified atom stereocenters. The molecule has 0 amide bonds. The summed E-state index contributed by atoms with van der Waals surface area (Å²) < 4.78 is 10.1. The van der Waals surface area contributed by atoms with Crippen molar-refractivity contribution in [1.82, 2.24) is 4.90 Å². The van der Waals surface area contributed by atoms with E-state index in [0.29, 0.717) is 11.3 Å². The van der Waals surface area contributed by atoms with E-state index in [1.165, 1.54) is 12.8 Å². The number of benzene rings is 2. The van der Waals surface area contributed by atoms with Crippen molar-refractivity contribution >= 4 is 17.3 Å². The van der Waals surface area contributed by atoms with Gasteiger partial charge in [-0.05, 0) is 24.3 Å². The second-order valence-electron chi connectivity index (χ2n) is 6.49. The van der Waals surface area contributed by atoms with Crippen LogP contribution in [0.4, 0.5) is 11.4 Å². The quantitative estimate of drug-likeness (QED) is 0.758. The van der Waals surface area contributed by atoms with Crippen LogP contribution in [0.1, 0.15) is 10.4 Å². The molecule has 0 atom stereocenters. The number of anilines is 2. The van der Waals surface area contributed by atoms with Crippen LogP contribution < -0.4 is 15.0 Å². The van der Waals surface area contributed by atoms with Gasteiger partial charge in [0.1, 0.15) is 5.75 Å². The Morgan fingerprint density at radius 2 is 1.78 bits per heavy atom. The number of nitrogens with zero attached hydrogens (tertiary/aromatic N) is 2. The standard InChI is InChI=1S/C21H27N3O3/c1-26-18-8-9-19(21(25)27-2)20(16-18)22-10-11-23-12-14-24(15-13-23)17-6-4-3-5-7-17/h3-9,16,22H,10-15H2,1-2H3. The van der Waals surface area contributed by atoms with Crippen LogP contribution >= 0.6 is 0 Å². The summed E-state index contributed by atoms with van der Waals surface area (Å²) in [6, 6.07) is 15.9. The molecule has 1 fully saturated rings. The Labute approximate surface area is 160 Å². The van der Waals surface area contributed by atoms with Gasteiger partial charge >= 0.3 is 5.97 Å². The monoisotopic (exact) mass is 369 g/mol. The lowest BCUT2D eigenvalue weighted by Gasteiger charge is -2.36. The third kappa shape index (κ3) is 4.92. The Hall–Kier alpha value is -2.73. The molecule has 0 spiro atoms. The lowest BCUT2D eigenvalue weighted by molar-refractivity contribution is 0.0602. The molecule has 6 heteroatoms. The van der Waals surface area contributed by atoms with Gasteiger partial charge in [-0.1, -0.05) is 18.2 Å². The Morgan fingerprint density at radius 3 is 2.44 bits per heavy atom. The summed E-state index contributed by atoms with van der Waals surface area (Å²) in [7, 11) is 3.01. The number of carbonyl (C=O) groups is 1. The molecule has 2 aromatic carbocycles. The maximum Gasteiger partial charge on any atom is 0.339 e.